The van der Waals surface area contributed by atoms with Crippen molar-refractivity contribution in [3.8, 4) is 5.75 Å². The Hall–Kier alpha value is -1.99. The molecule has 0 atom stereocenters. The Labute approximate surface area is 93.2 Å². The first-order valence-corrected chi connectivity index (χ1v) is 4.32. The fourth-order valence-corrected chi connectivity index (χ4v) is 1.12. The van der Waals surface area contributed by atoms with Gasteiger partial charge in [0.1, 0.15) is 5.69 Å². The average Bonchev–Trinajstić information content (AvgIpc) is 2.22. The Bertz CT molecular complexity index is 492. The number of nitrogens with one attached hydrogen (secondary N) is 1. The molecule has 0 aliphatic heterocycles. The first kappa shape index (κ1) is 13.1. The highest BCUT2D eigenvalue weighted by Gasteiger charge is 2.32. The van der Waals surface area contributed by atoms with Crippen LogP contribution in [-0.4, -0.2) is 24.4 Å². The maximum atomic E-state index is 11.9. The minimum atomic E-state index is -4.97. The van der Waals surface area contributed by atoms with Crippen LogP contribution in [0.2, 0.25) is 0 Å². The molecule has 1 heterocycles. The van der Waals surface area contributed by atoms with E-state index in [9.17, 15) is 22.8 Å². The summed E-state index contributed by atoms with van der Waals surface area (Å²) in [5.41, 5.74) is -1.45. The third kappa shape index (κ3) is 2.99. The van der Waals surface area contributed by atoms with E-state index < -0.39 is 23.5 Å². The van der Waals surface area contributed by atoms with E-state index in [4.69, 9.17) is 0 Å². The molecule has 1 aromatic heterocycles. The van der Waals surface area contributed by atoms with Crippen molar-refractivity contribution in [1.82, 2.24) is 4.98 Å². The van der Waals surface area contributed by atoms with Crippen molar-refractivity contribution in [2.24, 2.45) is 0 Å². The van der Waals surface area contributed by atoms with E-state index in [1.54, 1.807) is 0 Å². The smallest absolute Gasteiger partial charge is 0.464 e. The van der Waals surface area contributed by atoms with E-state index in [1.807, 2.05) is 0 Å². The molecule has 0 spiro atoms. The molecule has 0 aromatic carbocycles. The van der Waals surface area contributed by atoms with Crippen LogP contribution in [-0.2, 0) is 4.74 Å². The highest BCUT2D eigenvalue weighted by Crippen LogP contribution is 2.19. The molecule has 5 nitrogen and oxygen atoms in total. The van der Waals surface area contributed by atoms with Gasteiger partial charge in [-0.2, -0.15) is 0 Å². The first-order chi connectivity index (χ1) is 7.76. The molecule has 0 saturated carbocycles. The van der Waals surface area contributed by atoms with Crippen molar-refractivity contribution in [2.75, 3.05) is 7.11 Å². The molecular formula is C9H8F3NO4. The van der Waals surface area contributed by atoms with Crippen molar-refractivity contribution in [3.63, 3.8) is 0 Å². The number of hydrogen-bond donors (Lipinski definition) is 1. The van der Waals surface area contributed by atoms with E-state index in [2.05, 4.69) is 14.5 Å². The molecule has 0 bridgehead atoms. The number of ether oxygens (including phenoxy) is 2. The van der Waals surface area contributed by atoms with E-state index in [1.165, 1.54) is 6.92 Å². The van der Waals surface area contributed by atoms with Gasteiger partial charge in [0.25, 0.3) is 0 Å². The number of alkyl halides is 3. The van der Waals surface area contributed by atoms with Gasteiger partial charge in [0.15, 0.2) is 5.75 Å². The predicted octanol–water partition coefficient (Wildman–Crippen LogP) is 1.37. The Morgan fingerprint density at radius 1 is 1.41 bits per heavy atom. The molecule has 17 heavy (non-hydrogen) atoms. The lowest BCUT2D eigenvalue weighted by molar-refractivity contribution is -0.275. The summed E-state index contributed by atoms with van der Waals surface area (Å²) in [6.07, 6.45) is -4.30. The van der Waals surface area contributed by atoms with Crippen molar-refractivity contribution >= 4 is 5.97 Å². The predicted molar refractivity (Wildman–Crippen MR) is 49.8 cm³/mol. The summed E-state index contributed by atoms with van der Waals surface area (Å²) in [4.78, 5) is 24.8. The number of halogens is 3. The molecule has 0 unspecified atom stereocenters. The van der Waals surface area contributed by atoms with Gasteiger partial charge in [0.05, 0.1) is 7.11 Å². The zero-order valence-corrected chi connectivity index (χ0v) is 8.84. The van der Waals surface area contributed by atoms with Gasteiger partial charge in [-0.3, -0.25) is 4.79 Å². The Kier molecular flexibility index (Phi) is 3.45. The fourth-order valence-electron chi connectivity index (χ4n) is 1.12. The zero-order valence-electron chi connectivity index (χ0n) is 8.84. The number of esters is 1. The largest absolute Gasteiger partial charge is 0.573 e. The summed E-state index contributed by atoms with van der Waals surface area (Å²) < 4.78 is 43.6. The summed E-state index contributed by atoms with van der Waals surface area (Å²) in [5, 5.41) is 0. The van der Waals surface area contributed by atoms with Crippen molar-refractivity contribution in [2.45, 2.75) is 13.3 Å². The minimum Gasteiger partial charge on any atom is -0.464 e. The Morgan fingerprint density at radius 3 is 2.47 bits per heavy atom. The zero-order chi connectivity index (χ0) is 13.2. The van der Waals surface area contributed by atoms with Crippen LogP contribution in [0.15, 0.2) is 11.0 Å². The van der Waals surface area contributed by atoms with Crippen LogP contribution >= 0.6 is 0 Å². The Balaban J connectivity index is 3.20. The van der Waals surface area contributed by atoms with E-state index in [0.29, 0.717) is 6.20 Å². The molecule has 1 rings (SSSR count). The molecule has 1 N–H and O–H groups in total. The van der Waals surface area contributed by atoms with Crippen molar-refractivity contribution in [3.05, 3.63) is 27.7 Å². The topological polar surface area (TPSA) is 68.4 Å². The van der Waals surface area contributed by atoms with Crippen LogP contribution in [0.4, 0.5) is 13.2 Å². The average molecular weight is 251 g/mol. The van der Waals surface area contributed by atoms with Gasteiger partial charge in [-0.15, -0.1) is 13.2 Å². The molecule has 0 aliphatic carbocycles. The van der Waals surface area contributed by atoms with Gasteiger partial charge in [0.2, 0.25) is 5.43 Å². The quantitative estimate of drug-likeness (QED) is 0.806. The van der Waals surface area contributed by atoms with Gasteiger partial charge >= 0.3 is 12.3 Å². The third-order valence-corrected chi connectivity index (χ3v) is 1.90. The maximum Gasteiger partial charge on any atom is 0.573 e. The van der Waals surface area contributed by atoms with Gasteiger partial charge in [-0.05, 0) is 6.92 Å². The molecule has 0 radical (unpaired) electrons. The number of pyridine rings is 1. The number of H-pyrrole nitrogens is 1. The Morgan fingerprint density at radius 2 is 2.00 bits per heavy atom. The molecular weight excluding hydrogens is 243 g/mol. The summed E-state index contributed by atoms with van der Waals surface area (Å²) >= 11 is 0. The number of carbonyl (C=O) groups excluding carboxylic acids is 1. The van der Waals surface area contributed by atoms with Crippen LogP contribution < -0.4 is 10.2 Å². The van der Waals surface area contributed by atoms with Crippen LogP contribution in [0.3, 0.4) is 0 Å². The monoisotopic (exact) mass is 251 g/mol. The number of rotatable bonds is 2. The minimum absolute atomic E-state index is 0.210. The molecule has 0 fully saturated rings. The van der Waals surface area contributed by atoms with Gasteiger partial charge in [0, 0.05) is 11.8 Å². The second-order valence-corrected chi connectivity index (χ2v) is 3.02. The second kappa shape index (κ2) is 4.48. The molecule has 0 aliphatic rings. The number of methoxy groups -OCH3 is 1. The lowest BCUT2D eigenvalue weighted by atomic mass is 10.2. The molecule has 94 valence electrons. The highest BCUT2D eigenvalue weighted by atomic mass is 19.4. The number of aromatic amines is 1. The lowest BCUT2D eigenvalue weighted by Gasteiger charge is -2.09. The highest BCUT2D eigenvalue weighted by molar-refractivity contribution is 5.88. The third-order valence-electron chi connectivity index (χ3n) is 1.90. The van der Waals surface area contributed by atoms with Crippen LogP contribution in [0.25, 0.3) is 0 Å². The van der Waals surface area contributed by atoms with Crippen molar-refractivity contribution in [1.29, 1.82) is 0 Å². The van der Waals surface area contributed by atoms with E-state index >= 15 is 0 Å². The summed E-state index contributed by atoms with van der Waals surface area (Å²) in [6.45, 7) is 1.19. The lowest BCUT2D eigenvalue weighted by Crippen LogP contribution is -2.24. The summed E-state index contributed by atoms with van der Waals surface area (Å²) in [6, 6.07) is 0. The standard InChI is InChI=1S/C9H8F3NO4/c1-4-6(8(15)16-2)13-3-5(7(4)14)17-9(10,11)12/h3H,1-2H3,(H,13,14). The van der Waals surface area contributed by atoms with Gasteiger partial charge in [-0.1, -0.05) is 0 Å². The van der Waals surface area contributed by atoms with Crippen molar-refractivity contribution < 1.29 is 27.4 Å². The van der Waals surface area contributed by atoms with Crippen LogP contribution in [0, 0.1) is 6.92 Å². The molecule has 1 aromatic rings. The normalized spacial score (nSPS) is 11.1. The van der Waals surface area contributed by atoms with Gasteiger partial charge in [-0.25, -0.2) is 4.79 Å². The van der Waals surface area contributed by atoms with Gasteiger partial charge < -0.3 is 14.5 Å². The summed E-state index contributed by atoms with van der Waals surface area (Å²) in [7, 11) is 1.08. The summed E-state index contributed by atoms with van der Waals surface area (Å²) in [5.74, 6) is -1.78. The van der Waals surface area contributed by atoms with Crippen LogP contribution in [0.5, 0.6) is 5.75 Å². The number of aromatic nitrogens is 1. The fraction of sp³-hybridized carbons (Fsp3) is 0.333. The SMILES string of the molecule is COC(=O)c1[nH]cc(OC(F)(F)F)c(=O)c1C. The van der Waals surface area contributed by atoms with E-state index in [-0.39, 0.29) is 11.3 Å². The van der Waals surface area contributed by atoms with E-state index in [0.717, 1.165) is 7.11 Å². The maximum absolute atomic E-state index is 11.9. The molecule has 0 amide bonds. The van der Waals surface area contributed by atoms with Crippen LogP contribution in [0.1, 0.15) is 16.1 Å². The molecule has 0 saturated heterocycles. The second-order valence-electron chi connectivity index (χ2n) is 3.02. The number of hydrogen-bond acceptors (Lipinski definition) is 4. The first-order valence-electron chi connectivity index (χ1n) is 4.32. The molecule has 8 heteroatoms. The number of carbonyl (C=O) groups is 1.